The van der Waals surface area contributed by atoms with Gasteiger partial charge >= 0.3 is 0 Å². The Balaban J connectivity index is 1.51. The van der Waals surface area contributed by atoms with Crippen LogP contribution < -0.4 is 9.64 Å². The molecule has 0 bridgehead atoms. The molecule has 5 rings (SSSR count). The summed E-state index contributed by atoms with van der Waals surface area (Å²) in [5, 5.41) is 1.89. The fraction of sp³-hybridized carbons (Fsp3) is 0.348. The van der Waals surface area contributed by atoms with Gasteiger partial charge in [-0.25, -0.2) is 9.37 Å². The van der Waals surface area contributed by atoms with Crippen LogP contribution in [0.1, 0.15) is 40.2 Å². The van der Waals surface area contributed by atoms with E-state index in [9.17, 15) is 9.18 Å². The Hall–Kier alpha value is -3.00. The Bertz CT molecular complexity index is 1080. The molecule has 2 aromatic heterocycles. The largest absolute Gasteiger partial charge is 0.435 e. The van der Waals surface area contributed by atoms with Crippen molar-refractivity contribution in [3.05, 3.63) is 63.7 Å². The van der Waals surface area contributed by atoms with Crippen LogP contribution in [0, 0.1) is 5.82 Å². The third kappa shape index (κ3) is 4.12. The van der Waals surface area contributed by atoms with Crippen LogP contribution in [0.4, 0.5) is 10.3 Å². The molecular weight excluding hydrogens is 415 g/mol. The number of aromatic nitrogens is 2. The normalized spacial score (nSPS) is 16.2. The molecule has 1 aromatic carbocycles. The molecule has 1 amide bonds. The first-order valence-corrected chi connectivity index (χ1v) is 11.5. The van der Waals surface area contributed by atoms with Gasteiger partial charge in [-0.2, -0.15) is 4.98 Å². The summed E-state index contributed by atoms with van der Waals surface area (Å²) in [5.74, 6) is 0.617. The Labute approximate surface area is 184 Å². The van der Waals surface area contributed by atoms with Gasteiger partial charge in [0.2, 0.25) is 11.8 Å². The standard InChI is InChI=1S/C23H23FN4O2S/c24-17-7-2-3-8-19(17)30-21-16-15-28(22(29)20-9-6-14-31-20)13-10-18(16)25-23(26-21)27-11-4-1-5-12-27/h2-3,6-9,14H,1,4-5,10-13,15H2. The summed E-state index contributed by atoms with van der Waals surface area (Å²) < 4.78 is 20.3. The lowest BCUT2D eigenvalue weighted by Crippen LogP contribution is -2.37. The lowest BCUT2D eigenvalue weighted by Gasteiger charge is -2.31. The minimum atomic E-state index is -0.447. The molecule has 0 aliphatic carbocycles. The van der Waals surface area contributed by atoms with E-state index in [2.05, 4.69) is 4.90 Å². The molecule has 0 unspecified atom stereocenters. The van der Waals surface area contributed by atoms with E-state index in [4.69, 9.17) is 14.7 Å². The molecule has 8 heteroatoms. The third-order valence-electron chi connectivity index (χ3n) is 5.71. The Morgan fingerprint density at radius 2 is 1.87 bits per heavy atom. The summed E-state index contributed by atoms with van der Waals surface area (Å²) in [6.07, 6.45) is 4.03. The molecule has 6 nitrogen and oxygen atoms in total. The summed E-state index contributed by atoms with van der Waals surface area (Å²) in [7, 11) is 0. The molecule has 1 fully saturated rings. The lowest BCUT2D eigenvalue weighted by molar-refractivity contribution is 0.0737. The van der Waals surface area contributed by atoms with Crippen molar-refractivity contribution in [3.8, 4) is 11.6 Å². The van der Waals surface area contributed by atoms with Gasteiger partial charge < -0.3 is 14.5 Å². The van der Waals surface area contributed by atoms with Gasteiger partial charge in [0.1, 0.15) is 0 Å². The highest BCUT2D eigenvalue weighted by Gasteiger charge is 2.29. The van der Waals surface area contributed by atoms with Crippen molar-refractivity contribution in [1.29, 1.82) is 0 Å². The predicted molar refractivity (Wildman–Crippen MR) is 117 cm³/mol. The molecule has 0 atom stereocenters. The van der Waals surface area contributed by atoms with Gasteiger partial charge in [0.05, 0.1) is 22.7 Å². The number of ether oxygens (including phenoxy) is 1. The molecule has 1 saturated heterocycles. The van der Waals surface area contributed by atoms with Crippen molar-refractivity contribution < 1.29 is 13.9 Å². The smallest absolute Gasteiger partial charge is 0.264 e. The molecule has 31 heavy (non-hydrogen) atoms. The van der Waals surface area contributed by atoms with Crippen LogP contribution in [0.3, 0.4) is 0 Å². The number of carbonyl (C=O) groups excluding carboxylic acids is 1. The molecule has 2 aliphatic rings. The number of carbonyl (C=O) groups is 1. The molecule has 4 heterocycles. The van der Waals surface area contributed by atoms with E-state index in [1.54, 1.807) is 23.1 Å². The summed E-state index contributed by atoms with van der Waals surface area (Å²) in [5.41, 5.74) is 1.62. The highest BCUT2D eigenvalue weighted by atomic mass is 32.1. The van der Waals surface area contributed by atoms with Crippen LogP contribution in [-0.4, -0.2) is 40.4 Å². The van der Waals surface area contributed by atoms with Gasteiger partial charge in [0, 0.05) is 26.1 Å². The summed E-state index contributed by atoms with van der Waals surface area (Å²) in [6.45, 7) is 2.73. The highest BCUT2D eigenvalue weighted by Crippen LogP contribution is 2.33. The van der Waals surface area contributed by atoms with Crippen molar-refractivity contribution in [2.45, 2.75) is 32.2 Å². The van der Waals surface area contributed by atoms with Crippen LogP contribution in [-0.2, 0) is 13.0 Å². The maximum atomic E-state index is 14.3. The third-order valence-corrected chi connectivity index (χ3v) is 6.57. The molecule has 0 spiro atoms. The first kappa shape index (κ1) is 19.9. The number of nitrogens with zero attached hydrogens (tertiary/aromatic N) is 4. The van der Waals surface area contributed by atoms with Gasteiger partial charge in [-0.3, -0.25) is 4.79 Å². The summed E-state index contributed by atoms with van der Waals surface area (Å²) >= 11 is 1.43. The highest BCUT2D eigenvalue weighted by molar-refractivity contribution is 7.12. The second-order valence-corrected chi connectivity index (χ2v) is 8.74. The number of para-hydroxylation sites is 1. The Kier molecular flexibility index (Phi) is 5.55. The minimum Gasteiger partial charge on any atom is -0.435 e. The molecule has 160 valence electrons. The van der Waals surface area contributed by atoms with Crippen molar-refractivity contribution in [2.75, 3.05) is 24.5 Å². The average molecular weight is 439 g/mol. The molecule has 0 radical (unpaired) electrons. The van der Waals surface area contributed by atoms with Gasteiger partial charge in [-0.15, -0.1) is 11.3 Å². The number of fused-ring (bicyclic) bond motifs is 1. The van der Waals surface area contributed by atoms with E-state index >= 15 is 0 Å². The zero-order valence-corrected chi connectivity index (χ0v) is 17.9. The molecule has 0 saturated carbocycles. The van der Waals surface area contributed by atoms with Crippen LogP contribution in [0.5, 0.6) is 11.6 Å². The van der Waals surface area contributed by atoms with Gasteiger partial charge in [-0.1, -0.05) is 18.2 Å². The van der Waals surface area contributed by atoms with Crippen LogP contribution in [0.2, 0.25) is 0 Å². The maximum Gasteiger partial charge on any atom is 0.264 e. The van der Waals surface area contributed by atoms with Crippen molar-refractivity contribution in [3.63, 3.8) is 0 Å². The van der Waals surface area contributed by atoms with Gasteiger partial charge in [0.15, 0.2) is 11.6 Å². The number of rotatable bonds is 4. The number of piperidine rings is 1. The fourth-order valence-electron chi connectivity index (χ4n) is 4.05. The molecule has 2 aliphatic heterocycles. The van der Waals surface area contributed by atoms with Crippen molar-refractivity contribution >= 4 is 23.2 Å². The zero-order chi connectivity index (χ0) is 21.2. The van der Waals surface area contributed by atoms with Crippen molar-refractivity contribution in [2.24, 2.45) is 0 Å². The van der Waals surface area contributed by atoms with E-state index in [0.717, 1.165) is 37.2 Å². The first-order chi connectivity index (χ1) is 15.2. The van der Waals surface area contributed by atoms with Crippen LogP contribution in [0.25, 0.3) is 0 Å². The van der Waals surface area contributed by atoms with Crippen LogP contribution in [0.15, 0.2) is 41.8 Å². The second-order valence-electron chi connectivity index (χ2n) is 7.79. The molecular formula is C23H23FN4O2S. The minimum absolute atomic E-state index is 0.0161. The SMILES string of the molecule is O=C(c1cccs1)N1CCc2nc(N3CCCCC3)nc(Oc3ccccc3F)c2C1. The fourth-order valence-corrected chi connectivity index (χ4v) is 4.74. The van der Waals surface area contributed by atoms with E-state index in [-0.39, 0.29) is 11.7 Å². The van der Waals surface area contributed by atoms with E-state index in [1.807, 2.05) is 17.5 Å². The summed E-state index contributed by atoms with van der Waals surface area (Å²) in [4.78, 5) is 27.1. The Morgan fingerprint density at radius 1 is 1.03 bits per heavy atom. The van der Waals surface area contributed by atoms with Crippen molar-refractivity contribution in [1.82, 2.24) is 14.9 Å². The lowest BCUT2D eigenvalue weighted by atomic mass is 10.1. The monoisotopic (exact) mass is 438 g/mol. The van der Waals surface area contributed by atoms with E-state index < -0.39 is 5.82 Å². The number of halogens is 1. The predicted octanol–water partition coefficient (Wildman–Crippen LogP) is 4.66. The van der Waals surface area contributed by atoms with E-state index in [0.29, 0.717) is 36.2 Å². The van der Waals surface area contributed by atoms with Gasteiger partial charge in [0.25, 0.3) is 5.91 Å². The zero-order valence-electron chi connectivity index (χ0n) is 17.1. The number of anilines is 1. The Morgan fingerprint density at radius 3 is 2.65 bits per heavy atom. The molecule has 0 N–H and O–H groups in total. The summed E-state index contributed by atoms with van der Waals surface area (Å²) in [6, 6.07) is 10.00. The van der Waals surface area contributed by atoms with E-state index in [1.165, 1.54) is 23.8 Å². The number of hydrogen-bond acceptors (Lipinski definition) is 6. The van der Waals surface area contributed by atoms with Crippen LogP contribution >= 0.6 is 11.3 Å². The maximum absolute atomic E-state index is 14.3. The topological polar surface area (TPSA) is 58.6 Å². The first-order valence-electron chi connectivity index (χ1n) is 10.6. The second kappa shape index (κ2) is 8.63. The van der Waals surface area contributed by atoms with Gasteiger partial charge in [-0.05, 0) is 42.8 Å². The number of benzene rings is 1. The molecule has 3 aromatic rings. The quantitative estimate of drug-likeness (QED) is 0.593. The number of hydrogen-bond donors (Lipinski definition) is 0. The number of amides is 1. The number of thiophene rings is 1. The average Bonchev–Trinajstić information content (AvgIpc) is 3.35.